The first-order chi connectivity index (χ1) is 3.85. The van der Waals surface area contributed by atoms with Gasteiger partial charge in [0.05, 0.1) is 6.61 Å². The second-order valence-corrected chi connectivity index (χ2v) is 1.45. The smallest absolute Gasteiger partial charge is 0.293 e. The fourth-order valence-electron chi connectivity index (χ4n) is 0.347. The van der Waals surface area contributed by atoms with E-state index in [0.717, 1.165) is 0 Å². The summed E-state index contributed by atoms with van der Waals surface area (Å²) >= 11 is 0. The van der Waals surface area contributed by atoms with Crippen LogP contribution in [0.15, 0.2) is 0 Å². The highest BCUT2D eigenvalue weighted by Crippen LogP contribution is 1.91. The molecule has 8 heavy (non-hydrogen) atoms. The van der Waals surface area contributed by atoms with Gasteiger partial charge in [-0.1, -0.05) is 6.92 Å². The molecule has 0 amide bonds. The van der Waals surface area contributed by atoms with Crippen LogP contribution in [0.25, 0.3) is 0 Å². The number of hydrogen-bond acceptors (Lipinski definition) is 3. The first-order valence-electron chi connectivity index (χ1n) is 2.55. The van der Waals surface area contributed by atoms with E-state index in [1.165, 1.54) is 0 Å². The van der Waals surface area contributed by atoms with Crippen molar-refractivity contribution in [1.82, 2.24) is 0 Å². The van der Waals surface area contributed by atoms with Gasteiger partial charge in [-0.2, -0.15) is 0 Å². The second kappa shape index (κ2) is 4.59. The third-order valence-electron chi connectivity index (χ3n) is 0.907. The molecule has 0 saturated carbocycles. The lowest BCUT2D eigenvalue weighted by molar-refractivity contribution is -0.135. The van der Waals surface area contributed by atoms with Crippen molar-refractivity contribution in [1.29, 1.82) is 0 Å². The van der Waals surface area contributed by atoms with Crippen LogP contribution in [0.1, 0.15) is 13.3 Å². The third kappa shape index (κ3) is 2.58. The maximum atomic E-state index is 9.60. The van der Waals surface area contributed by atoms with Crippen molar-refractivity contribution in [3.63, 3.8) is 0 Å². The summed E-state index contributed by atoms with van der Waals surface area (Å²) in [5.74, 6) is 0. The molecule has 0 aliphatic heterocycles. The molecule has 0 aliphatic carbocycles. The fourth-order valence-corrected chi connectivity index (χ4v) is 0.347. The molecule has 0 aromatic rings. The van der Waals surface area contributed by atoms with E-state index >= 15 is 0 Å². The van der Waals surface area contributed by atoms with Gasteiger partial charge < -0.3 is 9.84 Å². The van der Waals surface area contributed by atoms with Crippen molar-refractivity contribution < 1.29 is 14.6 Å². The van der Waals surface area contributed by atoms with Crippen LogP contribution in [0, 0.1) is 0 Å². The van der Waals surface area contributed by atoms with Crippen LogP contribution >= 0.6 is 0 Å². The molecule has 0 aliphatic rings. The van der Waals surface area contributed by atoms with E-state index in [9.17, 15) is 4.79 Å². The number of hydrogen-bond donors (Lipinski definition) is 1. The van der Waals surface area contributed by atoms with Gasteiger partial charge in [-0.05, 0) is 6.42 Å². The molecule has 0 saturated heterocycles. The van der Waals surface area contributed by atoms with Crippen LogP contribution in [0.4, 0.5) is 0 Å². The van der Waals surface area contributed by atoms with Crippen LogP contribution < -0.4 is 0 Å². The Kier molecular flexibility index (Phi) is 4.26. The Morgan fingerprint density at radius 2 is 2.50 bits per heavy atom. The van der Waals surface area contributed by atoms with Gasteiger partial charge in [0.1, 0.15) is 6.10 Å². The molecule has 0 bridgehead atoms. The number of carbonyl (C=O) groups excluding carboxylic acids is 1. The van der Waals surface area contributed by atoms with Crippen LogP contribution in [-0.2, 0) is 9.53 Å². The van der Waals surface area contributed by atoms with Crippen LogP contribution in [0.3, 0.4) is 0 Å². The molecular formula is C5H10O3. The minimum atomic E-state index is -0.313. The molecule has 1 N–H and O–H groups in total. The summed E-state index contributed by atoms with van der Waals surface area (Å²) in [6, 6.07) is 0. The van der Waals surface area contributed by atoms with Gasteiger partial charge in [0, 0.05) is 0 Å². The number of carbonyl (C=O) groups is 1. The molecule has 0 aromatic carbocycles. The van der Waals surface area contributed by atoms with Gasteiger partial charge in [-0.25, -0.2) is 0 Å². The van der Waals surface area contributed by atoms with Gasteiger partial charge in [0.15, 0.2) is 0 Å². The molecule has 1 atom stereocenters. The number of aliphatic hydroxyl groups is 1. The van der Waals surface area contributed by atoms with E-state index < -0.39 is 0 Å². The van der Waals surface area contributed by atoms with Crippen molar-refractivity contribution in [3.05, 3.63) is 0 Å². The zero-order valence-corrected chi connectivity index (χ0v) is 4.83. The maximum absolute atomic E-state index is 9.60. The molecule has 3 heteroatoms. The number of rotatable bonds is 4. The second-order valence-electron chi connectivity index (χ2n) is 1.45. The summed E-state index contributed by atoms with van der Waals surface area (Å²) < 4.78 is 4.41. The number of aliphatic hydroxyl groups excluding tert-OH is 1. The van der Waals surface area contributed by atoms with Crippen molar-refractivity contribution in [2.75, 3.05) is 6.61 Å². The molecule has 0 radical (unpaired) electrons. The SMILES string of the molecule is CC[C@@H](CO)OC=O. The van der Waals surface area contributed by atoms with E-state index in [0.29, 0.717) is 12.9 Å². The van der Waals surface area contributed by atoms with E-state index in [2.05, 4.69) is 4.74 Å². The minimum absolute atomic E-state index is 0.0881. The van der Waals surface area contributed by atoms with Gasteiger partial charge in [0.2, 0.25) is 0 Å². The molecule has 0 fully saturated rings. The van der Waals surface area contributed by atoms with Gasteiger partial charge in [-0.3, -0.25) is 4.79 Å². The predicted molar refractivity (Wildman–Crippen MR) is 28.3 cm³/mol. The molecule has 0 rings (SSSR count). The first-order valence-corrected chi connectivity index (χ1v) is 2.55. The normalized spacial score (nSPS) is 12.8. The molecule has 48 valence electrons. The monoisotopic (exact) mass is 118 g/mol. The van der Waals surface area contributed by atoms with Gasteiger partial charge in [0.25, 0.3) is 6.47 Å². The molecule has 0 spiro atoms. The Morgan fingerprint density at radius 1 is 1.88 bits per heavy atom. The summed E-state index contributed by atoms with van der Waals surface area (Å²) in [7, 11) is 0. The van der Waals surface area contributed by atoms with E-state index in [4.69, 9.17) is 5.11 Å². The van der Waals surface area contributed by atoms with Gasteiger partial charge in [-0.15, -0.1) is 0 Å². The molecule has 0 unspecified atom stereocenters. The van der Waals surface area contributed by atoms with E-state index in [1.54, 1.807) is 0 Å². The average molecular weight is 118 g/mol. The standard InChI is InChI=1S/C5H10O3/c1-2-5(3-6)8-4-7/h4-6H,2-3H2,1H3/t5-/m0/s1. The zero-order valence-electron chi connectivity index (χ0n) is 4.83. The van der Waals surface area contributed by atoms with Gasteiger partial charge >= 0.3 is 0 Å². The number of ether oxygens (including phenoxy) is 1. The maximum Gasteiger partial charge on any atom is 0.293 e. The summed E-state index contributed by atoms with van der Waals surface area (Å²) in [4.78, 5) is 9.60. The Balaban J connectivity index is 3.20. The quantitative estimate of drug-likeness (QED) is 0.525. The first kappa shape index (κ1) is 7.43. The summed E-state index contributed by atoms with van der Waals surface area (Å²) in [5.41, 5.74) is 0. The predicted octanol–water partition coefficient (Wildman–Crippen LogP) is -0.0697. The van der Waals surface area contributed by atoms with Crippen molar-refractivity contribution in [2.45, 2.75) is 19.4 Å². The highest BCUT2D eigenvalue weighted by Gasteiger charge is 2.00. The van der Waals surface area contributed by atoms with Crippen LogP contribution in [-0.4, -0.2) is 24.3 Å². The lowest BCUT2D eigenvalue weighted by atomic mass is 10.3. The Labute approximate surface area is 48.3 Å². The fraction of sp³-hybridized carbons (Fsp3) is 0.800. The molecule has 3 nitrogen and oxygen atoms in total. The van der Waals surface area contributed by atoms with Crippen LogP contribution in [0.2, 0.25) is 0 Å². The van der Waals surface area contributed by atoms with Crippen LogP contribution in [0.5, 0.6) is 0 Å². The lowest BCUT2D eigenvalue weighted by Crippen LogP contribution is -2.14. The Morgan fingerprint density at radius 3 is 2.62 bits per heavy atom. The zero-order chi connectivity index (χ0) is 6.41. The topological polar surface area (TPSA) is 46.5 Å². The van der Waals surface area contributed by atoms with E-state index in [1.807, 2.05) is 6.92 Å². The average Bonchev–Trinajstić information content (AvgIpc) is 1.83. The summed E-state index contributed by atoms with van der Waals surface area (Å²) in [6.07, 6.45) is 0.349. The lowest BCUT2D eigenvalue weighted by Gasteiger charge is -2.06. The van der Waals surface area contributed by atoms with E-state index in [-0.39, 0.29) is 12.7 Å². The summed E-state index contributed by atoms with van der Waals surface area (Å²) in [6.45, 7) is 2.10. The van der Waals surface area contributed by atoms with Crippen molar-refractivity contribution in [2.24, 2.45) is 0 Å². The van der Waals surface area contributed by atoms with Crippen molar-refractivity contribution >= 4 is 6.47 Å². The Hall–Kier alpha value is -0.570. The molecular weight excluding hydrogens is 108 g/mol. The Bertz CT molecular complexity index is 58.7. The third-order valence-corrected chi connectivity index (χ3v) is 0.907. The highest BCUT2D eigenvalue weighted by molar-refractivity contribution is 5.37. The molecule has 0 aromatic heterocycles. The highest BCUT2D eigenvalue weighted by atomic mass is 16.5. The van der Waals surface area contributed by atoms with Crippen molar-refractivity contribution in [3.8, 4) is 0 Å². The summed E-state index contributed by atoms with van der Waals surface area (Å²) in [5, 5.41) is 8.37. The largest absolute Gasteiger partial charge is 0.462 e. The molecule has 0 heterocycles. The minimum Gasteiger partial charge on any atom is -0.462 e.